The molecule has 5 nitrogen and oxygen atoms in total. The first kappa shape index (κ1) is 12.9. The molecule has 1 fully saturated rings. The Bertz CT molecular complexity index is 440. The van der Waals surface area contributed by atoms with Crippen molar-refractivity contribution in [2.45, 2.75) is 46.0 Å². The third kappa shape index (κ3) is 3.03. The summed E-state index contributed by atoms with van der Waals surface area (Å²) in [6, 6.07) is 0. The minimum atomic E-state index is -0.181. The molecule has 0 radical (unpaired) electrons. The molecule has 0 saturated heterocycles. The van der Waals surface area contributed by atoms with Gasteiger partial charge in [0.1, 0.15) is 0 Å². The first-order valence-electron chi connectivity index (χ1n) is 6.50. The van der Waals surface area contributed by atoms with Crippen LogP contribution in [0.25, 0.3) is 0 Å². The minimum Gasteiger partial charge on any atom is -0.395 e. The first-order valence-corrected chi connectivity index (χ1v) is 6.50. The lowest BCUT2D eigenvalue weighted by atomic mass is 9.92. The fourth-order valence-electron chi connectivity index (χ4n) is 1.86. The number of nitrogens with one attached hydrogen (secondary N) is 2. The monoisotopic (exact) mass is 250 g/mol. The second-order valence-corrected chi connectivity index (χ2v) is 6.24. The van der Waals surface area contributed by atoms with Gasteiger partial charge in [0.25, 0.3) is 5.91 Å². The molecule has 1 aliphatic rings. The zero-order valence-electron chi connectivity index (χ0n) is 11.3. The Morgan fingerprint density at radius 3 is 2.72 bits per heavy atom. The van der Waals surface area contributed by atoms with E-state index in [2.05, 4.69) is 36.3 Å². The first-order chi connectivity index (χ1) is 8.38. The van der Waals surface area contributed by atoms with Crippen molar-refractivity contribution >= 4 is 11.6 Å². The van der Waals surface area contributed by atoms with Crippen molar-refractivity contribution in [3.8, 4) is 0 Å². The number of anilines is 1. The third-order valence-corrected chi connectivity index (χ3v) is 3.19. The molecule has 0 atom stereocenters. The molecule has 18 heavy (non-hydrogen) atoms. The zero-order chi connectivity index (χ0) is 13.3. The van der Waals surface area contributed by atoms with Crippen molar-refractivity contribution < 1.29 is 4.79 Å². The summed E-state index contributed by atoms with van der Waals surface area (Å²) < 4.78 is 0. The topological polar surface area (TPSA) is 83.8 Å². The van der Waals surface area contributed by atoms with Crippen molar-refractivity contribution in [2.24, 2.45) is 5.41 Å². The Morgan fingerprint density at radius 1 is 1.50 bits per heavy atom. The van der Waals surface area contributed by atoms with Gasteiger partial charge in [-0.2, -0.15) is 5.10 Å². The van der Waals surface area contributed by atoms with Crippen LogP contribution in [-0.4, -0.2) is 22.6 Å². The molecule has 0 bridgehead atoms. The minimum absolute atomic E-state index is 0.181. The smallest absolute Gasteiger partial charge is 0.273 e. The van der Waals surface area contributed by atoms with Gasteiger partial charge < -0.3 is 11.1 Å². The fraction of sp³-hybridized carbons (Fsp3) is 0.692. The summed E-state index contributed by atoms with van der Waals surface area (Å²) >= 11 is 0. The highest BCUT2D eigenvalue weighted by atomic mass is 16.1. The lowest BCUT2D eigenvalue weighted by Crippen LogP contribution is -2.28. The molecule has 4 N–H and O–H groups in total. The highest BCUT2D eigenvalue weighted by Crippen LogP contribution is 2.42. The predicted octanol–water partition coefficient (Wildman–Crippen LogP) is 2.04. The Kier molecular flexibility index (Phi) is 3.32. The van der Waals surface area contributed by atoms with Crippen LogP contribution in [-0.2, 0) is 0 Å². The van der Waals surface area contributed by atoms with Crippen LogP contribution >= 0.6 is 0 Å². The number of amides is 1. The number of carbonyl (C=O) groups is 1. The SMILES string of the molecule is CC(C)(C)CCNC(=O)c1n[nH]c(C2CC2)c1N. The fourth-order valence-corrected chi connectivity index (χ4v) is 1.86. The van der Waals surface area contributed by atoms with Gasteiger partial charge in [0.15, 0.2) is 5.69 Å². The van der Waals surface area contributed by atoms with Crippen molar-refractivity contribution in [3.63, 3.8) is 0 Å². The number of nitrogens with two attached hydrogens (primary N) is 1. The number of rotatable bonds is 4. The van der Waals surface area contributed by atoms with Gasteiger partial charge >= 0.3 is 0 Å². The van der Waals surface area contributed by atoms with Crippen LogP contribution in [0.1, 0.15) is 62.1 Å². The molecular formula is C13H22N4O. The van der Waals surface area contributed by atoms with Gasteiger partial charge in [0.2, 0.25) is 0 Å². The van der Waals surface area contributed by atoms with Crippen molar-refractivity contribution in [3.05, 3.63) is 11.4 Å². The van der Waals surface area contributed by atoms with Crippen LogP contribution in [0.4, 0.5) is 5.69 Å². The average Bonchev–Trinajstić information content (AvgIpc) is 3.00. The second-order valence-electron chi connectivity index (χ2n) is 6.24. The van der Waals surface area contributed by atoms with E-state index in [-0.39, 0.29) is 11.3 Å². The summed E-state index contributed by atoms with van der Waals surface area (Å²) in [5.74, 6) is 0.300. The van der Waals surface area contributed by atoms with E-state index in [0.29, 0.717) is 23.8 Å². The van der Waals surface area contributed by atoms with Gasteiger partial charge in [0, 0.05) is 12.5 Å². The largest absolute Gasteiger partial charge is 0.395 e. The molecule has 1 saturated carbocycles. The number of aromatic nitrogens is 2. The lowest BCUT2D eigenvalue weighted by Gasteiger charge is -2.17. The van der Waals surface area contributed by atoms with Gasteiger partial charge in [-0.1, -0.05) is 20.8 Å². The number of nitrogen functional groups attached to an aromatic ring is 1. The summed E-state index contributed by atoms with van der Waals surface area (Å²) in [4.78, 5) is 11.9. The third-order valence-electron chi connectivity index (χ3n) is 3.19. The van der Waals surface area contributed by atoms with Gasteiger partial charge in [-0.15, -0.1) is 0 Å². The van der Waals surface area contributed by atoms with Gasteiger partial charge in [-0.25, -0.2) is 0 Å². The highest BCUT2D eigenvalue weighted by Gasteiger charge is 2.30. The van der Waals surface area contributed by atoms with Crippen LogP contribution in [0.2, 0.25) is 0 Å². The van der Waals surface area contributed by atoms with Crippen LogP contribution < -0.4 is 11.1 Å². The van der Waals surface area contributed by atoms with Crippen molar-refractivity contribution in [1.29, 1.82) is 0 Å². The molecule has 1 aliphatic carbocycles. The van der Waals surface area contributed by atoms with E-state index in [9.17, 15) is 4.79 Å². The number of hydrogen-bond acceptors (Lipinski definition) is 3. The molecular weight excluding hydrogens is 228 g/mol. The number of H-pyrrole nitrogens is 1. The van der Waals surface area contributed by atoms with Crippen LogP contribution in [0, 0.1) is 5.41 Å². The molecule has 0 unspecified atom stereocenters. The molecule has 100 valence electrons. The van der Waals surface area contributed by atoms with E-state index in [1.54, 1.807) is 0 Å². The number of aromatic amines is 1. The maximum Gasteiger partial charge on any atom is 0.273 e. The molecule has 5 heteroatoms. The lowest BCUT2D eigenvalue weighted by molar-refractivity contribution is 0.0945. The van der Waals surface area contributed by atoms with E-state index < -0.39 is 0 Å². The van der Waals surface area contributed by atoms with E-state index in [0.717, 1.165) is 25.0 Å². The predicted molar refractivity (Wildman–Crippen MR) is 71.4 cm³/mol. The normalized spacial score (nSPS) is 15.7. The Morgan fingerprint density at radius 2 is 2.17 bits per heavy atom. The summed E-state index contributed by atoms with van der Waals surface area (Å²) in [5, 5.41) is 9.79. The quantitative estimate of drug-likeness (QED) is 0.764. The van der Waals surface area contributed by atoms with Crippen LogP contribution in [0.5, 0.6) is 0 Å². The van der Waals surface area contributed by atoms with Gasteiger partial charge in [0.05, 0.1) is 11.4 Å². The molecule has 1 aromatic heterocycles. The molecule has 1 heterocycles. The Labute approximate surface area is 108 Å². The number of carbonyl (C=O) groups excluding carboxylic acids is 1. The molecule has 0 aromatic carbocycles. The van der Waals surface area contributed by atoms with Crippen LogP contribution in [0.15, 0.2) is 0 Å². The molecule has 2 rings (SSSR count). The highest BCUT2D eigenvalue weighted by molar-refractivity contribution is 5.97. The van der Waals surface area contributed by atoms with E-state index in [1.165, 1.54) is 0 Å². The Balaban J connectivity index is 1.92. The molecule has 0 aliphatic heterocycles. The maximum atomic E-state index is 11.9. The van der Waals surface area contributed by atoms with Crippen LogP contribution in [0.3, 0.4) is 0 Å². The number of hydrogen-bond donors (Lipinski definition) is 3. The standard InChI is InChI=1S/C13H22N4O/c1-13(2,3)6-7-15-12(18)11-9(14)10(16-17-11)8-4-5-8/h8H,4-7,14H2,1-3H3,(H,15,18)(H,16,17). The summed E-state index contributed by atoms with van der Waals surface area (Å²) in [7, 11) is 0. The van der Waals surface area contributed by atoms with E-state index in [1.807, 2.05) is 0 Å². The maximum absolute atomic E-state index is 11.9. The molecule has 1 amide bonds. The van der Waals surface area contributed by atoms with Crippen molar-refractivity contribution in [2.75, 3.05) is 12.3 Å². The van der Waals surface area contributed by atoms with Crippen molar-refractivity contribution in [1.82, 2.24) is 15.5 Å². The summed E-state index contributed by atoms with van der Waals surface area (Å²) in [6.45, 7) is 7.08. The average molecular weight is 250 g/mol. The van der Waals surface area contributed by atoms with E-state index >= 15 is 0 Å². The van der Waals surface area contributed by atoms with Gasteiger partial charge in [-0.05, 0) is 24.7 Å². The zero-order valence-corrected chi connectivity index (χ0v) is 11.3. The summed E-state index contributed by atoms with van der Waals surface area (Å²) in [5.41, 5.74) is 7.94. The number of nitrogens with zero attached hydrogens (tertiary/aromatic N) is 1. The van der Waals surface area contributed by atoms with E-state index in [4.69, 9.17) is 5.73 Å². The summed E-state index contributed by atoms with van der Waals surface area (Å²) in [6.07, 6.45) is 3.20. The Hall–Kier alpha value is -1.52. The molecule has 0 spiro atoms. The molecule has 1 aromatic rings. The van der Waals surface area contributed by atoms with Gasteiger partial charge in [-0.3, -0.25) is 9.89 Å². The second kappa shape index (κ2) is 4.63.